The van der Waals surface area contributed by atoms with Crippen LogP contribution in [0.1, 0.15) is 57.9 Å². The fourth-order valence-corrected chi connectivity index (χ4v) is 2.14. The lowest BCUT2D eigenvalue weighted by Gasteiger charge is -2.10. The zero-order valence-corrected chi connectivity index (χ0v) is 12.4. The van der Waals surface area contributed by atoms with Crippen LogP contribution >= 0.6 is 0 Å². The number of hydrogen-bond acceptors (Lipinski definition) is 4. The van der Waals surface area contributed by atoms with Gasteiger partial charge in [-0.1, -0.05) is 37.8 Å². The Balaban J connectivity index is 2.67. The molecule has 20 heavy (non-hydrogen) atoms. The molecule has 1 rings (SSSR count). The highest BCUT2D eigenvalue weighted by Crippen LogP contribution is 2.25. The third kappa shape index (κ3) is 5.11. The van der Waals surface area contributed by atoms with Crippen molar-refractivity contribution in [2.75, 3.05) is 6.61 Å². The van der Waals surface area contributed by atoms with Gasteiger partial charge in [-0.05, 0) is 38.0 Å². The molecule has 0 amide bonds. The summed E-state index contributed by atoms with van der Waals surface area (Å²) in [5.41, 5.74) is 1.06. The summed E-state index contributed by atoms with van der Waals surface area (Å²) >= 11 is 0. The highest BCUT2D eigenvalue weighted by atomic mass is 16.5. The van der Waals surface area contributed by atoms with Gasteiger partial charge in [0.15, 0.2) is 0 Å². The summed E-state index contributed by atoms with van der Waals surface area (Å²) < 4.78 is 5.41. The van der Waals surface area contributed by atoms with Gasteiger partial charge >= 0.3 is 0 Å². The number of hydrogen-bond donors (Lipinski definition) is 2. The summed E-state index contributed by atoms with van der Waals surface area (Å²) in [6, 6.07) is 5.00. The van der Waals surface area contributed by atoms with Crippen molar-refractivity contribution >= 4 is 5.71 Å². The number of benzene rings is 1. The highest BCUT2D eigenvalue weighted by molar-refractivity contribution is 6.02. The largest absolute Gasteiger partial charge is 0.507 e. The maximum atomic E-state index is 9.90. The Morgan fingerprint density at radius 3 is 2.55 bits per heavy atom. The first-order chi connectivity index (χ1) is 9.72. The van der Waals surface area contributed by atoms with Crippen molar-refractivity contribution in [3.05, 3.63) is 23.8 Å². The molecule has 0 unspecified atom stereocenters. The summed E-state index contributed by atoms with van der Waals surface area (Å²) in [4.78, 5) is 0. The van der Waals surface area contributed by atoms with E-state index in [2.05, 4.69) is 12.1 Å². The molecular weight excluding hydrogens is 254 g/mol. The molecule has 0 aliphatic carbocycles. The Kier molecular flexibility index (Phi) is 7.55. The third-order valence-corrected chi connectivity index (χ3v) is 3.23. The van der Waals surface area contributed by atoms with Gasteiger partial charge in [0.1, 0.15) is 11.5 Å². The molecule has 0 saturated carbocycles. The SMILES string of the molecule is CCCCCCC/C(=N\O)c1cc(OCC)ccc1O. The minimum Gasteiger partial charge on any atom is -0.507 e. The van der Waals surface area contributed by atoms with E-state index >= 15 is 0 Å². The van der Waals surface area contributed by atoms with Crippen molar-refractivity contribution < 1.29 is 15.1 Å². The van der Waals surface area contributed by atoms with Crippen molar-refractivity contribution in [3.8, 4) is 11.5 Å². The molecule has 112 valence electrons. The fraction of sp³-hybridized carbons (Fsp3) is 0.562. The van der Waals surface area contributed by atoms with Crippen molar-refractivity contribution in [1.29, 1.82) is 0 Å². The normalized spacial score (nSPS) is 11.6. The zero-order chi connectivity index (χ0) is 14.8. The van der Waals surface area contributed by atoms with E-state index in [1.165, 1.54) is 19.3 Å². The first-order valence-electron chi connectivity index (χ1n) is 7.40. The van der Waals surface area contributed by atoms with Crippen LogP contribution in [0.25, 0.3) is 0 Å². The molecule has 0 aliphatic heterocycles. The van der Waals surface area contributed by atoms with Crippen LogP contribution in [-0.4, -0.2) is 22.6 Å². The van der Waals surface area contributed by atoms with Gasteiger partial charge in [-0.3, -0.25) is 0 Å². The summed E-state index contributed by atoms with van der Waals surface area (Å²) in [6.07, 6.45) is 6.36. The van der Waals surface area contributed by atoms with Crippen molar-refractivity contribution in [3.63, 3.8) is 0 Å². The van der Waals surface area contributed by atoms with Crippen molar-refractivity contribution in [1.82, 2.24) is 0 Å². The number of ether oxygens (including phenoxy) is 1. The van der Waals surface area contributed by atoms with Crippen LogP contribution in [0, 0.1) is 0 Å². The molecule has 0 radical (unpaired) electrons. The summed E-state index contributed by atoms with van der Waals surface area (Å²) in [5.74, 6) is 0.794. The number of rotatable bonds is 9. The fourth-order valence-electron chi connectivity index (χ4n) is 2.14. The van der Waals surface area contributed by atoms with Gasteiger partial charge in [-0.25, -0.2) is 0 Å². The molecule has 0 spiro atoms. The van der Waals surface area contributed by atoms with Crippen LogP contribution in [0.4, 0.5) is 0 Å². The average Bonchev–Trinajstić information content (AvgIpc) is 2.46. The smallest absolute Gasteiger partial charge is 0.125 e. The molecule has 0 aromatic heterocycles. The van der Waals surface area contributed by atoms with Crippen LogP contribution in [0.2, 0.25) is 0 Å². The standard InChI is InChI=1S/C16H25NO3/c1-3-5-6-7-8-9-15(17-19)14-12-13(20-4-2)10-11-16(14)18/h10-12,18-19H,3-9H2,1-2H3/b17-15+. The summed E-state index contributed by atoms with van der Waals surface area (Å²) in [5, 5.41) is 22.4. The molecule has 0 atom stereocenters. The Bertz CT molecular complexity index is 430. The van der Waals surface area contributed by atoms with Gasteiger partial charge in [0.2, 0.25) is 0 Å². The number of nitrogens with zero attached hydrogens (tertiary/aromatic N) is 1. The van der Waals surface area contributed by atoms with Gasteiger partial charge in [0, 0.05) is 5.56 Å². The van der Waals surface area contributed by atoms with Crippen molar-refractivity contribution in [2.24, 2.45) is 5.16 Å². The quantitative estimate of drug-likeness (QED) is 0.306. The molecule has 1 aromatic rings. The topological polar surface area (TPSA) is 62.1 Å². The Morgan fingerprint density at radius 2 is 1.90 bits per heavy atom. The molecule has 0 saturated heterocycles. The molecule has 0 heterocycles. The molecule has 0 aliphatic rings. The van der Waals surface area contributed by atoms with E-state index in [-0.39, 0.29) is 5.75 Å². The first kappa shape index (κ1) is 16.3. The second-order valence-electron chi connectivity index (χ2n) is 4.82. The Labute approximate surface area is 121 Å². The zero-order valence-electron chi connectivity index (χ0n) is 12.4. The molecule has 4 heteroatoms. The van der Waals surface area contributed by atoms with E-state index in [1.807, 2.05) is 6.92 Å². The lowest BCUT2D eigenvalue weighted by atomic mass is 10.0. The van der Waals surface area contributed by atoms with Crippen LogP contribution in [0.5, 0.6) is 11.5 Å². The lowest BCUT2D eigenvalue weighted by molar-refractivity contribution is 0.317. The maximum Gasteiger partial charge on any atom is 0.125 e. The second kappa shape index (κ2) is 9.23. The average molecular weight is 279 g/mol. The summed E-state index contributed by atoms with van der Waals surface area (Å²) in [7, 11) is 0. The summed E-state index contributed by atoms with van der Waals surface area (Å²) in [6.45, 7) is 4.64. The first-order valence-corrected chi connectivity index (χ1v) is 7.40. The molecule has 2 N–H and O–H groups in total. The van der Waals surface area contributed by atoms with Gasteiger partial charge in [0.05, 0.1) is 12.3 Å². The predicted molar refractivity (Wildman–Crippen MR) is 81.0 cm³/mol. The minimum atomic E-state index is 0.120. The lowest BCUT2D eigenvalue weighted by Crippen LogP contribution is -2.03. The Hall–Kier alpha value is -1.71. The van der Waals surface area contributed by atoms with Crippen LogP contribution in [0.15, 0.2) is 23.4 Å². The van der Waals surface area contributed by atoms with E-state index in [9.17, 15) is 5.11 Å². The van der Waals surface area contributed by atoms with Crippen LogP contribution in [-0.2, 0) is 0 Å². The van der Waals surface area contributed by atoms with E-state index in [0.29, 0.717) is 30.1 Å². The van der Waals surface area contributed by atoms with Gasteiger partial charge < -0.3 is 15.1 Å². The molecule has 1 aromatic carbocycles. The van der Waals surface area contributed by atoms with Crippen LogP contribution < -0.4 is 4.74 Å². The number of phenolic OH excluding ortho intramolecular Hbond substituents is 1. The second-order valence-corrected chi connectivity index (χ2v) is 4.82. The van der Waals surface area contributed by atoms with Gasteiger partial charge in [-0.2, -0.15) is 0 Å². The Morgan fingerprint density at radius 1 is 1.15 bits per heavy atom. The molecular formula is C16H25NO3. The van der Waals surface area contributed by atoms with Gasteiger partial charge in [0.25, 0.3) is 0 Å². The number of aromatic hydroxyl groups is 1. The van der Waals surface area contributed by atoms with Gasteiger partial charge in [-0.15, -0.1) is 0 Å². The van der Waals surface area contributed by atoms with E-state index in [1.54, 1.807) is 18.2 Å². The highest BCUT2D eigenvalue weighted by Gasteiger charge is 2.11. The van der Waals surface area contributed by atoms with E-state index in [0.717, 1.165) is 12.8 Å². The number of unbranched alkanes of at least 4 members (excludes halogenated alkanes) is 4. The maximum absolute atomic E-state index is 9.90. The molecule has 0 bridgehead atoms. The number of phenols is 1. The monoisotopic (exact) mass is 279 g/mol. The molecule has 4 nitrogen and oxygen atoms in total. The third-order valence-electron chi connectivity index (χ3n) is 3.23. The minimum absolute atomic E-state index is 0.120. The van der Waals surface area contributed by atoms with Crippen molar-refractivity contribution in [2.45, 2.75) is 52.4 Å². The van der Waals surface area contributed by atoms with E-state index < -0.39 is 0 Å². The molecule has 0 fully saturated rings. The van der Waals surface area contributed by atoms with E-state index in [4.69, 9.17) is 9.94 Å². The van der Waals surface area contributed by atoms with Crippen LogP contribution in [0.3, 0.4) is 0 Å². The predicted octanol–water partition coefficient (Wildman–Crippen LogP) is 4.33. The number of oxime groups is 1.